The lowest BCUT2D eigenvalue weighted by Crippen LogP contribution is -2.57. The van der Waals surface area contributed by atoms with E-state index in [1.54, 1.807) is 12.3 Å². The highest BCUT2D eigenvalue weighted by atomic mass is 35.5. The molecular weight excluding hydrogens is 240 g/mol. The number of rotatable bonds is 4. The molecule has 0 aromatic carbocycles. The summed E-state index contributed by atoms with van der Waals surface area (Å²) in [4.78, 5) is 15.7. The molecule has 1 saturated carbocycles. The topological polar surface area (TPSA) is 51.2 Å². The Bertz CT molecular complexity index is 401. The average molecular weight is 255 g/mol. The fraction of sp³-hybridized carbons (Fsp3) is 0.500. The number of aromatic nitrogens is 1. The number of halogens is 1. The quantitative estimate of drug-likeness (QED) is 0.659. The monoisotopic (exact) mass is 254 g/mol. The van der Waals surface area contributed by atoms with Gasteiger partial charge < -0.3 is 4.74 Å². The van der Waals surface area contributed by atoms with Gasteiger partial charge in [-0.1, -0.05) is 17.7 Å². The molecule has 1 aliphatic rings. The Morgan fingerprint density at radius 2 is 2.35 bits per heavy atom. The van der Waals surface area contributed by atoms with E-state index in [4.69, 9.17) is 16.3 Å². The molecule has 0 atom stereocenters. The van der Waals surface area contributed by atoms with Crippen molar-refractivity contribution in [3.63, 3.8) is 0 Å². The van der Waals surface area contributed by atoms with Gasteiger partial charge in [0.1, 0.15) is 10.7 Å². The second-order valence-electron chi connectivity index (χ2n) is 4.27. The highest BCUT2D eigenvalue weighted by Crippen LogP contribution is 2.33. The zero-order chi connectivity index (χ0) is 12.3. The predicted molar refractivity (Wildman–Crippen MR) is 64.7 cm³/mol. The van der Waals surface area contributed by atoms with Gasteiger partial charge in [-0.3, -0.25) is 10.1 Å². The zero-order valence-electron chi connectivity index (χ0n) is 9.70. The second kappa shape index (κ2) is 5.02. The molecule has 2 rings (SSSR count). The van der Waals surface area contributed by atoms with E-state index in [1.807, 2.05) is 6.07 Å². The number of pyridine rings is 1. The molecule has 0 radical (unpaired) electrons. The van der Waals surface area contributed by atoms with Crippen LogP contribution in [0.3, 0.4) is 0 Å². The largest absolute Gasteiger partial charge is 0.468 e. The summed E-state index contributed by atoms with van der Waals surface area (Å²) in [6, 6.07) is 3.64. The molecule has 17 heavy (non-hydrogen) atoms. The van der Waals surface area contributed by atoms with Crippen LogP contribution in [0.2, 0.25) is 5.15 Å². The third-order valence-electron chi connectivity index (χ3n) is 3.20. The van der Waals surface area contributed by atoms with Crippen molar-refractivity contribution < 1.29 is 9.53 Å². The molecule has 1 heterocycles. The van der Waals surface area contributed by atoms with Gasteiger partial charge in [-0.2, -0.15) is 0 Å². The molecular formula is C12H15ClN2O2. The van der Waals surface area contributed by atoms with E-state index in [-0.39, 0.29) is 5.97 Å². The highest BCUT2D eigenvalue weighted by Gasteiger charge is 2.44. The predicted octanol–water partition coefficient (Wildman–Crippen LogP) is 1.92. The number of ether oxygens (including phenoxy) is 1. The van der Waals surface area contributed by atoms with Crippen molar-refractivity contribution in [3.8, 4) is 0 Å². The molecule has 0 bridgehead atoms. The van der Waals surface area contributed by atoms with E-state index in [9.17, 15) is 4.79 Å². The number of esters is 1. The van der Waals surface area contributed by atoms with Crippen molar-refractivity contribution in [2.75, 3.05) is 7.11 Å². The van der Waals surface area contributed by atoms with Gasteiger partial charge in [0.2, 0.25) is 0 Å². The molecule has 4 nitrogen and oxygen atoms in total. The fourth-order valence-electron chi connectivity index (χ4n) is 1.96. The lowest BCUT2D eigenvalue weighted by Gasteiger charge is -2.39. The zero-order valence-corrected chi connectivity index (χ0v) is 10.5. The number of carbonyl (C=O) groups excluding carboxylic acids is 1. The molecule has 0 aliphatic heterocycles. The first-order valence-electron chi connectivity index (χ1n) is 5.60. The van der Waals surface area contributed by atoms with Crippen molar-refractivity contribution >= 4 is 17.6 Å². The molecule has 0 saturated heterocycles. The number of hydrogen-bond acceptors (Lipinski definition) is 4. The number of hydrogen-bond donors (Lipinski definition) is 1. The van der Waals surface area contributed by atoms with E-state index < -0.39 is 5.54 Å². The van der Waals surface area contributed by atoms with Gasteiger partial charge in [-0.25, -0.2) is 4.98 Å². The van der Waals surface area contributed by atoms with E-state index in [0.29, 0.717) is 11.7 Å². The number of carbonyl (C=O) groups is 1. The minimum Gasteiger partial charge on any atom is -0.468 e. The lowest BCUT2D eigenvalue weighted by atomic mass is 9.76. The lowest BCUT2D eigenvalue weighted by molar-refractivity contribution is -0.152. The average Bonchev–Trinajstić information content (AvgIpc) is 2.29. The first kappa shape index (κ1) is 12.3. The summed E-state index contributed by atoms with van der Waals surface area (Å²) in [5.74, 6) is -0.175. The van der Waals surface area contributed by atoms with Crippen molar-refractivity contribution in [2.45, 2.75) is 31.3 Å². The van der Waals surface area contributed by atoms with Gasteiger partial charge in [0.25, 0.3) is 0 Å². The van der Waals surface area contributed by atoms with Crippen LogP contribution in [0, 0.1) is 0 Å². The van der Waals surface area contributed by atoms with Crippen molar-refractivity contribution in [1.29, 1.82) is 0 Å². The van der Waals surface area contributed by atoms with Crippen molar-refractivity contribution in [3.05, 3.63) is 29.0 Å². The van der Waals surface area contributed by atoms with Crippen LogP contribution in [0.25, 0.3) is 0 Å². The molecule has 0 unspecified atom stereocenters. The summed E-state index contributed by atoms with van der Waals surface area (Å²) >= 11 is 5.71. The summed E-state index contributed by atoms with van der Waals surface area (Å²) < 4.78 is 4.83. The molecule has 1 aromatic rings. The molecule has 92 valence electrons. The summed E-state index contributed by atoms with van der Waals surface area (Å²) in [7, 11) is 1.42. The Labute approximate surface area is 105 Å². The van der Waals surface area contributed by atoms with Crippen molar-refractivity contribution in [1.82, 2.24) is 10.3 Å². The maximum atomic E-state index is 11.7. The molecule has 5 heteroatoms. The van der Waals surface area contributed by atoms with Crippen LogP contribution in [-0.4, -0.2) is 23.6 Å². The van der Waals surface area contributed by atoms with E-state index >= 15 is 0 Å². The number of methoxy groups -OCH3 is 1. The molecule has 0 spiro atoms. The number of nitrogens with one attached hydrogen (secondary N) is 1. The molecule has 1 fully saturated rings. The summed E-state index contributed by atoms with van der Waals surface area (Å²) in [5, 5.41) is 3.73. The Kier molecular flexibility index (Phi) is 3.64. The van der Waals surface area contributed by atoms with Gasteiger partial charge in [-0.05, 0) is 30.9 Å². The van der Waals surface area contributed by atoms with Gasteiger partial charge >= 0.3 is 5.97 Å². The van der Waals surface area contributed by atoms with E-state index in [0.717, 1.165) is 24.8 Å². The smallest absolute Gasteiger partial charge is 0.326 e. The van der Waals surface area contributed by atoms with E-state index in [2.05, 4.69) is 10.3 Å². The Balaban J connectivity index is 1.96. The first-order valence-corrected chi connectivity index (χ1v) is 5.98. The van der Waals surface area contributed by atoms with Gasteiger partial charge in [0.05, 0.1) is 7.11 Å². The van der Waals surface area contributed by atoms with Gasteiger partial charge in [-0.15, -0.1) is 0 Å². The third kappa shape index (κ3) is 2.58. The summed E-state index contributed by atoms with van der Waals surface area (Å²) in [5.41, 5.74) is 0.513. The Hall–Kier alpha value is -1.13. The number of nitrogens with zero attached hydrogens (tertiary/aromatic N) is 1. The molecule has 1 aromatic heterocycles. The minimum absolute atomic E-state index is 0.175. The maximum absolute atomic E-state index is 11.7. The van der Waals surface area contributed by atoms with Crippen LogP contribution in [0.5, 0.6) is 0 Å². The minimum atomic E-state index is -0.492. The van der Waals surface area contributed by atoms with E-state index in [1.165, 1.54) is 7.11 Å². The first-order chi connectivity index (χ1) is 8.16. The van der Waals surface area contributed by atoms with Crippen molar-refractivity contribution in [2.24, 2.45) is 0 Å². The Morgan fingerprint density at radius 1 is 1.59 bits per heavy atom. The fourth-order valence-corrected chi connectivity index (χ4v) is 2.07. The standard InChI is InChI=1S/C12H15ClN2O2/c1-17-11(16)12(5-2-6-12)15-8-9-3-4-10(13)14-7-9/h3-4,7,15H,2,5-6,8H2,1H3. The maximum Gasteiger partial charge on any atom is 0.326 e. The normalized spacial score (nSPS) is 17.3. The molecule has 1 aliphatic carbocycles. The van der Waals surface area contributed by atoms with Crippen LogP contribution in [0.15, 0.2) is 18.3 Å². The summed E-state index contributed by atoms with van der Waals surface area (Å²) in [6.45, 7) is 0.596. The second-order valence-corrected chi connectivity index (χ2v) is 4.66. The SMILES string of the molecule is COC(=O)C1(NCc2ccc(Cl)nc2)CCC1. The van der Waals surface area contributed by atoms with Crippen LogP contribution in [0.1, 0.15) is 24.8 Å². The van der Waals surface area contributed by atoms with Crippen LogP contribution in [-0.2, 0) is 16.1 Å². The third-order valence-corrected chi connectivity index (χ3v) is 3.43. The van der Waals surface area contributed by atoms with Crippen LogP contribution >= 0.6 is 11.6 Å². The summed E-state index contributed by atoms with van der Waals surface area (Å²) in [6.07, 6.45) is 4.43. The van der Waals surface area contributed by atoms with Gasteiger partial charge in [0.15, 0.2) is 0 Å². The van der Waals surface area contributed by atoms with Crippen LogP contribution < -0.4 is 5.32 Å². The van der Waals surface area contributed by atoms with Crippen LogP contribution in [0.4, 0.5) is 0 Å². The molecule has 1 N–H and O–H groups in total. The molecule has 0 amide bonds. The Morgan fingerprint density at radius 3 is 2.82 bits per heavy atom. The van der Waals surface area contributed by atoms with Gasteiger partial charge in [0, 0.05) is 12.7 Å². The highest BCUT2D eigenvalue weighted by molar-refractivity contribution is 6.29.